The zero-order valence-electron chi connectivity index (χ0n) is 14.4. The first-order valence-corrected chi connectivity index (χ1v) is 8.21. The Kier molecular flexibility index (Phi) is 6.37. The first kappa shape index (κ1) is 18.7. The maximum atomic E-state index is 12.0. The number of ether oxygens (including phenoxy) is 1. The molecule has 2 aromatic rings. The summed E-state index contributed by atoms with van der Waals surface area (Å²) < 4.78 is 4.96. The van der Waals surface area contributed by atoms with Crippen LogP contribution in [0.25, 0.3) is 6.08 Å². The second-order valence-corrected chi connectivity index (χ2v) is 6.19. The van der Waals surface area contributed by atoms with E-state index >= 15 is 0 Å². The van der Waals surface area contributed by atoms with Crippen molar-refractivity contribution in [3.8, 4) is 0 Å². The third-order valence-electron chi connectivity index (χ3n) is 3.59. The Morgan fingerprint density at radius 1 is 1.12 bits per heavy atom. The largest absolute Gasteiger partial charge is 0.452 e. The van der Waals surface area contributed by atoms with Crippen molar-refractivity contribution in [2.45, 2.75) is 20.8 Å². The molecule has 0 unspecified atom stereocenters. The average molecular weight is 358 g/mol. The highest BCUT2D eigenvalue weighted by Crippen LogP contribution is 2.21. The van der Waals surface area contributed by atoms with Gasteiger partial charge in [-0.1, -0.05) is 47.5 Å². The fourth-order valence-corrected chi connectivity index (χ4v) is 2.70. The van der Waals surface area contributed by atoms with Crippen LogP contribution < -0.4 is 5.32 Å². The molecule has 130 valence electrons. The minimum absolute atomic E-state index is 0.349. The van der Waals surface area contributed by atoms with Gasteiger partial charge in [-0.2, -0.15) is 0 Å². The van der Waals surface area contributed by atoms with E-state index in [1.54, 1.807) is 24.3 Å². The molecule has 0 aliphatic heterocycles. The minimum Gasteiger partial charge on any atom is -0.452 e. The molecular formula is C20H20ClNO3. The number of aryl methyl sites for hydroxylation is 3. The van der Waals surface area contributed by atoms with Crippen molar-refractivity contribution in [3.63, 3.8) is 0 Å². The molecule has 0 spiro atoms. The van der Waals surface area contributed by atoms with Crippen LogP contribution in [0.4, 0.5) is 5.69 Å². The van der Waals surface area contributed by atoms with Crippen LogP contribution in [0.2, 0.25) is 5.02 Å². The highest BCUT2D eigenvalue weighted by molar-refractivity contribution is 6.32. The summed E-state index contributed by atoms with van der Waals surface area (Å²) >= 11 is 6.00. The minimum atomic E-state index is -0.604. The Morgan fingerprint density at radius 3 is 2.40 bits per heavy atom. The van der Waals surface area contributed by atoms with E-state index in [1.165, 1.54) is 6.08 Å². The van der Waals surface area contributed by atoms with E-state index < -0.39 is 5.97 Å². The van der Waals surface area contributed by atoms with Gasteiger partial charge in [0.25, 0.3) is 5.91 Å². The lowest BCUT2D eigenvalue weighted by Crippen LogP contribution is -2.21. The molecule has 0 bridgehead atoms. The molecule has 0 saturated carbocycles. The van der Waals surface area contributed by atoms with Crippen LogP contribution in [-0.4, -0.2) is 18.5 Å². The van der Waals surface area contributed by atoms with Gasteiger partial charge in [-0.3, -0.25) is 4.79 Å². The number of rotatable bonds is 5. The standard InChI is InChI=1S/C20H20ClNO3/c1-13-10-14(2)20(15(3)11-13)22-18(23)12-25-19(24)9-8-16-6-4-5-7-17(16)21/h4-11H,12H2,1-3H3,(H,22,23)/b9-8+. The van der Waals surface area contributed by atoms with Crippen molar-refractivity contribution >= 4 is 35.2 Å². The smallest absolute Gasteiger partial charge is 0.331 e. The topological polar surface area (TPSA) is 55.4 Å². The van der Waals surface area contributed by atoms with Crippen LogP contribution in [0, 0.1) is 20.8 Å². The van der Waals surface area contributed by atoms with Crippen LogP contribution in [0.3, 0.4) is 0 Å². The van der Waals surface area contributed by atoms with Crippen molar-refractivity contribution in [1.29, 1.82) is 0 Å². The highest BCUT2D eigenvalue weighted by atomic mass is 35.5. The predicted molar refractivity (Wildman–Crippen MR) is 101 cm³/mol. The second-order valence-electron chi connectivity index (χ2n) is 5.78. The molecule has 0 atom stereocenters. The van der Waals surface area contributed by atoms with Crippen molar-refractivity contribution in [2.75, 3.05) is 11.9 Å². The Morgan fingerprint density at radius 2 is 1.76 bits per heavy atom. The number of esters is 1. The van der Waals surface area contributed by atoms with Crippen LogP contribution >= 0.6 is 11.6 Å². The Balaban J connectivity index is 1.90. The lowest BCUT2D eigenvalue weighted by molar-refractivity contribution is -0.142. The molecule has 4 nitrogen and oxygen atoms in total. The third kappa shape index (κ3) is 5.47. The van der Waals surface area contributed by atoms with Gasteiger partial charge in [-0.05, 0) is 49.6 Å². The summed E-state index contributed by atoms with van der Waals surface area (Å²) in [7, 11) is 0. The highest BCUT2D eigenvalue weighted by Gasteiger charge is 2.10. The third-order valence-corrected chi connectivity index (χ3v) is 3.94. The Labute approximate surface area is 152 Å². The molecule has 0 aliphatic carbocycles. The lowest BCUT2D eigenvalue weighted by atomic mass is 10.1. The van der Waals surface area contributed by atoms with Gasteiger partial charge < -0.3 is 10.1 Å². The summed E-state index contributed by atoms with van der Waals surface area (Å²) in [6.07, 6.45) is 2.80. The molecule has 5 heteroatoms. The SMILES string of the molecule is Cc1cc(C)c(NC(=O)COC(=O)/C=C/c2ccccc2Cl)c(C)c1. The maximum absolute atomic E-state index is 12.0. The molecule has 0 heterocycles. The molecule has 1 N–H and O–H groups in total. The molecule has 2 rings (SSSR count). The molecule has 0 aliphatic rings. The van der Waals surface area contributed by atoms with Crippen LogP contribution in [0.15, 0.2) is 42.5 Å². The van der Waals surface area contributed by atoms with E-state index in [1.807, 2.05) is 39.0 Å². The summed E-state index contributed by atoms with van der Waals surface area (Å²) in [5.74, 6) is -0.984. The van der Waals surface area contributed by atoms with Crippen LogP contribution in [0.5, 0.6) is 0 Å². The fraction of sp³-hybridized carbons (Fsp3) is 0.200. The number of hydrogen-bond donors (Lipinski definition) is 1. The summed E-state index contributed by atoms with van der Waals surface area (Å²) in [6, 6.07) is 11.1. The fourth-order valence-electron chi connectivity index (χ4n) is 2.51. The van der Waals surface area contributed by atoms with Crippen molar-refractivity contribution in [3.05, 3.63) is 69.8 Å². The molecule has 0 saturated heterocycles. The van der Waals surface area contributed by atoms with Gasteiger partial charge in [0, 0.05) is 16.8 Å². The normalized spacial score (nSPS) is 10.7. The van der Waals surface area contributed by atoms with Crippen molar-refractivity contribution in [2.24, 2.45) is 0 Å². The first-order valence-electron chi connectivity index (χ1n) is 7.84. The first-order chi connectivity index (χ1) is 11.9. The number of halogens is 1. The maximum Gasteiger partial charge on any atom is 0.331 e. The van der Waals surface area contributed by atoms with E-state index in [9.17, 15) is 9.59 Å². The van der Waals surface area contributed by atoms with Gasteiger partial charge in [0.05, 0.1) is 0 Å². The van der Waals surface area contributed by atoms with E-state index in [0.29, 0.717) is 10.6 Å². The quantitative estimate of drug-likeness (QED) is 0.635. The van der Waals surface area contributed by atoms with Crippen LogP contribution in [0.1, 0.15) is 22.3 Å². The summed E-state index contributed by atoms with van der Waals surface area (Å²) in [5.41, 5.74) is 4.52. The van der Waals surface area contributed by atoms with Gasteiger partial charge in [-0.15, -0.1) is 0 Å². The number of carbonyl (C=O) groups is 2. The number of nitrogens with one attached hydrogen (secondary N) is 1. The number of benzene rings is 2. The zero-order valence-corrected chi connectivity index (χ0v) is 15.2. The van der Waals surface area contributed by atoms with Gasteiger partial charge in [0.15, 0.2) is 6.61 Å². The van der Waals surface area contributed by atoms with E-state index in [0.717, 1.165) is 22.4 Å². The van der Waals surface area contributed by atoms with Gasteiger partial charge in [-0.25, -0.2) is 4.79 Å². The number of hydrogen-bond acceptors (Lipinski definition) is 3. The Bertz CT molecular complexity index is 804. The summed E-state index contributed by atoms with van der Waals surface area (Å²) in [4.78, 5) is 23.7. The Hall–Kier alpha value is -2.59. The molecule has 1 amide bonds. The van der Waals surface area contributed by atoms with Gasteiger partial charge >= 0.3 is 5.97 Å². The number of anilines is 1. The molecule has 2 aromatic carbocycles. The zero-order chi connectivity index (χ0) is 18.4. The van der Waals surface area contributed by atoms with Crippen molar-refractivity contribution < 1.29 is 14.3 Å². The molecule has 0 fully saturated rings. The van der Waals surface area contributed by atoms with Crippen LogP contribution in [-0.2, 0) is 14.3 Å². The van der Waals surface area contributed by atoms with E-state index in [-0.39, 0.29) is 12.5 Å². The van der Waals surface area contributed by atoms with Crippen molar-refractivity contribution in [1.82, 2.24) is 0 Å². The molecular weight excluding hydrogens is 338 g/mol. The summed E-state index contributed by atoms with van der Waals surface area (Å²) in [6.45, 7) is 5.50. The monoisotopic (exact) mass is 357 g/mol. The molecule has 0 aromatic heterocycles. The number of amides is 1. The second kappa shape index (κ2) is 8.49. The molecule has 25 heavy (non-hydrogen) atoms. The lowest BCUT2D eigenvalue weighted by Gasteiger charge is -2.12. The number of carbonyl (C=O) groups excluding carboxylic acids is 2. The van der Waals surface area contributed by atoms with Gasteiger partial charge in [0.2, 0.25) is 0 Å². The average Bonchev–Trinajstić information content (AvgIpc) is 2.55. The molecule has 0 radical (unpaired) electrons. The van der Waals surface area contributed by atoms with Gasteiger partial charge in [0.1, 0.15) is 0 Å². The van der Waals surface area contributed by atoms with E-state index in [2.05, 4.69) is 5.32 Å². The summed E-state index contributed by atoms with van der Waals surface area (Å²) in [5, 5.41) is 3.32. The predicted octanol–water partition coefficient (Wildman–Crippen LogP) is 4.46. The van der Waals surface area contributed by atoms with E-state index in [4.69, 9.17) is 16.3 Å².